The Hall–Kier alpha value is -0.850. The number of aromatic nitrogens is 1. The highest BCUT2D eigenvalue weighted by molar-refractivity contribution is 9.10. The molecule has 0 spiro atoms. The van der Waals surface area contributed by atoms with Crippen LogP contribution in [-0.4, -0.2) is 39.4 Å². The SMILES string of the molecule is CCCn1cc(Br)cc1C(=O)NCC(C)(O)CO. The molecule has 0 aliphatic heterocycles. The van der Waals surface area contributed by atoms with Crippen LogP contribution in [0.25, 0.3) is 0 Å². The fourth-order valence-electron chi connectivity index (χ4n) is 1.51. The van der Waals surface area contributed by atoms with Crippen molar-refractivity contribution >= 4 is 21.8 Å². The van der Waals surface area contributed by atoms with Gasteiger partial charge in [0.1, 0.15) is 11.3 Å². The topological polar surface area (TPSA) is 74.5 Å². The van der Waals surface area contributed by atoms with Crippen LogP contribution in [0, 0.1) is 0 Å². The van der Waals surface area contributed by atoms with Crippen molar-refractivity contribution in [2.24, 2.45) is 0 Å². The number of rotatable bonds is 6. The zero-order valence-electron chi connectivity index (χ0n) is 10.6. The fraction of sp³-hybridized carbons (Fsp3) is 0.583. The maximum absolute atomic E-state index is 12.0. The number of hydrogen-bond acceptors (Lipinski definition) is 3. The Morgan fingerprint density at radius 3 is 2.83 bits per heavy atom. The first-order chi connectivity index (χ1) is 8.39. The number of carbonyl (C=O) groups excluding carboxylic acids is 1. The second-order valence-electron chi connectivity index (χ2n) is 4.57. The fourth-order valence-corrected chi connectivity index (χ4v) is 1.97. The number of halogens is 1. The van der Waals surface area contributed by atoms with Gasteiger partial charge in [-0.1, -0.05) is 6.92 Å². The summed E-state index contributed by atoms with van der Waals surface area (Å²) in [4.78, 5) is 12.0. The van der Waals surface area contributed by atoms with Crippen molar-refractivity contribution < 1.29 is 15.0 Å². The van der Waals surface area contributed by atoms with Crippen LogP contribution in [0.2, 0.25) is 0 Å². The van der Waals surface area contributed by atoms with Gasteiger partial charge in [0.25, 0.3) is 5.91 Å². The van der Waals surface area contributed by atoms with Gasteiger partial charge < -0.3 is 20.1 Å². The highest BCUT2D eigenvalue weighted by Crippen LogP contribution is 2.15. The maximum atomic E-state index is 12.0. The van der Waals surface area contributed by atoms with Crippen molar-refractivity contribution in [2.75, 3.05) is 13.2 Å². The molecule has 102 valence electrons. The summed E-state index contributed by atoms with van der Waals surface area (Å²) in [5.74, 6) is -0.261. The largest absolute Gasteiger partial charge is 0.393 e. The molecule has 0 radical (unpaired) electrons. The van der Waals surface area contributed by atoms with E-state index in [9.17, 15) is 9.90 Å². The summed E-state index contributed by atoms with van der Waals surface area (Å²) in [5, 5.41) is 21.1. The molecule has 1 heterocycles. The molecule has 3 N–H and O–H groups in total. The molecule has 5 nitrogen and oxygen atoms in total. The van der Waals surface area contributed by atoms with Gasteiger partial charge in [-0.2, -0.15) is 0 Å². The van der Waals surface area contributed by atoms with E-state index < -0.39 is 12.2 Å². The van der Waals surface area contributed by atoms with E-state index >= 15 is 0 Å². The number of aliphatic hydroxyl groups is 2. The average molecular weight is 319 g/mol. The minimum atomic E-state index is -1.30. The average Bonchev–Trinajstić information content (AvgIpc) is 2.68. The molecule has 6 heteroatoms. The molecule has 0 fully saturated rings. The van der Waals surface area contributed by atoms with Gasteiger partial charge in [0, 0.05) is 23.8 Å². The number of nitrogens with zero attached hydrogens (tertiary/aromatic N) is 1. The zero-order chi connectivity index (χ0) is 13.8. The summed E-state index contributed by atoms with van der Waals surface area (Å²) < 4.78 is 2.70. The first-order valence-electron chi connectivity index (χ1n) is 5.86. The van der Waals surface area contributed by atoms with E-state index in [0.29, 0.717) is 5.69 Å². The molecular formula is C12H19BrN2O3. The Morgan fingerprint density at radius 2 is 2.28 bits per heavy atom. The summed E-state index contributed by atoms with van der Waals surface area (Å²) in [6.45, 7) is 3.87. The quantitative estimate of drug-likeness (QED) is 0.736. The lowest BCUT2D eigenvalue weighted by molar-refractivity contribution is 0.00313. The van der Waals surface area contributed by atoms with Crippen LogP contribution < -0.4 is 5.32 Å². The van der Waals surface area contributed by atoms with E-state index in [1.165, 1.54) is 6.92 Å². The molecule has 1 unspecified atom stereocenters. The molecule has 1 rings (SSSR count). The van der Waals surface area contributed by atoms with Crippen molar-refractivity contribution in [3.05, 3.63) is 22.4 Å². The first-order valence-corrected chi connectivity index (χ1v) is 6.66. The van der Waals surface area contributed by atoms with Crippen molar-refractivity contribution in [1.29, 1.82) is 0 Å². The smallest absolute Gasteiger partial charge is 0.268 e. The Kier molecular flexibility index (Phi) is 5.37. The van der Waals surface area contributed by atoms with Crippen LogP contribution in [0.15, 0.2) is 16.7 Å². The van der Waals surface area contributed by atoms with Gasteiger partial charge in [-0.05, 0) is 35.3 Å². The third-order valence-corrected chi connectivity index (χ3v) is 2.96. The number of aryl methyl sites for hydroxylation is 1. The minimum absolute atomic E-state index is 0.0112. The van der Waals surface area contributed by atoms with E-state index in [1.807, 2.05) is 17.7 Å². The van der Waals surface area contributed by atoms with Crippen molar-refractivity contribution in [2.45, 2.75) is 32.4 Å². The molecule has 1 aromatic heterocycles. The van der Waals surface area contributed by atoms with E-state index in [-0.39, 0.29) is 12.5 Å². The zero-order valence-corrected chi connectivity index (χ0v) is 12.2. The van der Waals surface area contributed by atoms with Gasteiger partial charge >= 0.3 is 0 Å². The second kappa shape index (κ2) is 6.36. The lowest BCUT2D eigenvalue weighted by Crippen LogP contribution is -2.43. The summed E-state index contributed by atoms with van der Waals surface area (Å²) in [6.07, 6.45) is 2.78. The summed E-state index contributed by atoms with van der Waals surface area (Å²) in [6, 6.07) is 1.73. The number of carbonyl (C=O) groups is 1. The number of aliphatic hydroxyl groups excluding tert-OH is 1. The highest BCUT2D eigenvalue weighted by atomic mass is 79.9. The van der Waals surface area contributed by atoms with Gasteiger partial charge in [-0.3, -0.25) is 4.79 Å². The Balaban J connectivity index is 2.72. The molecule has 0 aliphatic carbocycles. The lowest BCUT2D eigenvalue weighted by Gasteiger charge is -2.20. The van der Waals surface area contributed by atoms with Gasteiger partial charge in [0.05, 0.1) is 6.61 Å². The molecule has 1 atom stereocenters. The van der Waals surface area contributed by atoms with Gasteiger partial charge in [0.2, 0.25) is 0 Å². The van der Waals surface area contributed by atoms with Crippen LogP contribution in [0.1, 0.15) is 30.8 Å². The Bertz CT molecular complexity index is 415. The van der Waals surface area contributed by atoms with Gasteiger partial charge in [0.15, 0.2) is 0 Å². The third kappa shape index (κ3) is 4.12. The standard InChI is InChI=1S/C12H19BrN2O3/c1-3-4-15-6-9(13)5-10(15)11(17)14-7-12(2,18)8-16/h5-6,16,18H,3-4,7-8H2,1-2H3,(H,14,17). The van der Waals surface area contributed by atoms with E-state index in [0.717, 1.165) is 17.4 Å². The molecule has 0 bridgehead atoms. The predicted octanol–water partition coefficient (Wildman–Crippen LogP) is 1.13. The van der Waals surface area contributed by atoms with Crippen LogP contribution in [-0.2, 0) is 6.54 Å². The van der Waals surface area contributed by atoms with E-state index in [4.69, 9.17) is 5.11 Å². The molecule has 0 saturated heterocycles. The van der Waals surface area contributed by atoms with Gasteiger partial charge in [-0.25, -0.2) is 0 Å². The summed E-state index contributed by atoms with van der Waals surface area (Å²) in [5.41, 5.74) is -0.757. The van der Waals surface area contributed by atoms with E-state index in [2.05, 4.69) is 21.2 Å². The van der Waals surface area contributed by atoms with Gasteiger partial charge in [-0.15, -0.1) is 0 Å². The third-order valence-electron chi connectivity index (χ3n) is 2.53. The number of nitrogens with one attached hydrogen (secondary N) is 1. The number of amides is 1. The van der Waals surface area contributed by atoms with Crippen LogP contribution >= 0.6 is 15.9 Å². The van der Waals surface area contributed by atoms with Crippen molar-refractivity contribution in [3.8, 4) is 0 Å². The Labute approximate surface area is 115 Å². The molecule has 0 aliphatic rings. The van der Waals surface area contributed by atoms with E-state index in [1.54, 1.807) is 6.07 Å². The van der Waals surface area contributed by atoms with Crippen molar-refractivity contribution in [1.82, 2.24) is 9.88 Å². The molecule has 1 amide bonds. The normalized spacial score (nSPS) is 14.3. The minimum Gasteiger partial charge on any atom is -0.393 e. The maximum Gasteiger partial charge on any atom is 0.268 e. The monoisotopic (exact) mass is 318 g/mol. The highest BCUT2D eigenvalue weighted by Gasteiger charge is 2.21. The molecule has 18 heavy (non-hydrogen) atoms. The molecule has 1 aromatic rings. The second-order valence-corrected chi connectivity index (χ2v) is 5.49. The van der Waals surface area contributed by atoms with Crippen molar-refractivity contribution in [3.63, 3.8) is 0 Å². The summed E-state index contributed by atoms with van der Waals surface area (Å²) >= 11 is 3.34. The first kappa shape index (κ1) is 15.2. The number of hydrogen-bond donors (Lipinski definition) is 3. The summed E-state index contributed by atoms with van der Waals surface area (Å²) in [7, 11) is 0. The van der Waals surface area contributed by atoms with Crippen LogP contribution in [0.4, 0.5) is 0 Å². The van der Waals surface area contributed by atoms with Crippen LogP contribution in [0.5, 0.6) is 0 Å². The lowest BCUT2D eigenvalue weighted by atomic mass is 10.1. The molecular weight excluding hydrogens is 300 g/mol. The predicted molar refractivity (Wildman–Crippen MR) is 72.5 cm³/mol. The molecule has 0 saturated carbocycles. The Morgan fingerprint density at radius 1 is 1.61 bits per heavy atom. The molecule has 0 aromatic carbocycles. The van der Waals surface area contributed by atoms with Crippen LogP contribution in [0.3, 0.4) is 0 Å².